The molecule has 5 nitrogen and oxygen atoms in total. The molecule has 0 atom stereocenters. The molecular formula is C12H15F3N2O3S. The summed E-state index contributed by atoms with van der Waals surface area (Å²) in [6.45, 7) is 3.57. The number of hydrogen-bond acceptors (Lipinski definition) is 5. The number of anilines is 1. The molecule has 0 spiro atoms. The van der Waals surface area contributed by atoms with Gasteiger partial charge in [0.2, 0.25) is 0 Å². The average molecular weight is 324 g/mol. The molecule has 0 aliphatic carbocycles. The maximum atomic E-state index is 12.0. The Balaban J connectivity index is 2.71. The van der Waals surface area contributed by atoms with Gasteiger partial charge in [0, 0.05) is 30.1 Å². The van der Waals surface area contributed by atoms with Crippen LogP contribution in [0.2, 0.25) is 0 Å². The van der Waals surface area contributed by atoms with E-state index in [2.05, 4.69) is 5.32 Å². The van der Waals surface area contributed by atoms with Gasteiger partial charge in [0.15, 0.2) is 0 Å². The fourth-order valence-corrected chi connectivity index (χ4v) is 1.93. The summed E-state index contributed by atoms with van der Waals surface area (Å²) in [7, 11) is 0. The molecule has 0 saturated carbocycles. The van der Waals surface area contributed by atoms with Gasteiger partial charge in [0.1, 0.15) is 5.75 Å². The van der Waals surface area contributed by atoms with Crippen molar-refractivity contribution in [1.82, 2.24) is 0 Å². The number of alkyl halides is 3. The van der Waals surface area contributed by atoms with Crippen molar-refractivity contribution < 1.29 is 22.8 Å². The molecule has 118 valence electrons. The van der Waals surface area contributed by atoms with E-state index < -0.39 is 10.4 Å². The molecular weight excluding hydrogens is 309 g/mol. The van der Waals surface area contributed by atoms with Gasteiger partial charge in [-0.3, -0.25) is 10.1 Å². The Morgan fingerprint density at radius 1 is 1.38 bits per heavy atom. The minimum Gasteiger partial charge on any atom is -0.491 e. The Bertz CT molecular complexity index is 495. The Labute approximate surface area is 124 Å². The molecule has 0 aliphatic rings. The van der Waals surface area contributed by atoms with Crippen LogP contribution in [0.4, 0.5) is 24.5 Å². The van der Waals surface area contributed by atoms with Crippen LogP contribution in [0.15, 0.2) is 18.2 Å². The number of nitro groups is 1. The molecule has 0 fully saturated rings. The molecule has 0 bridgehead atoms. The Hall–Kier alpha value is -1.64. The molecule has 0 heterocycles. The zero-order valence-electron chi connectivity index (χ0n) is 11.4. The first kappa shape index (κ1) is 17.4. The maximum Gasteiger partial charge on any atom is 0.441 e. The summed E-state index contributed by atoms with van der Waals surface area (Å²) in [5, 5.41) is 13.5. The summed E-state index contributed by atoms with van der Waals surface area (Å²) in [6.07, 6.45) is -0.166. The average Bonchev–Trinajstić information content (AvgIpc) is 2.32. The monoisotopic (exact) mass is 324 g/mol. The fourth-order valence-electron chi connectivity index (χ4n) is 1.49. The Morgan fingerprint density at radius 2 is 2.05 bits per heavy atom. The molecule has 0 radical (unpaired) electrons. The lowest BCUT2D eigenvalue weighted by Crippen LogP contribution is -2.10. The lowest BCUT2D eigenvalue weighted by molar-refractivity contribution is -0.384. The molecule has 0 aliphatic heterocycles. The highest BCUT2D eigenvalue weighted by Crippen LogP contribution is 2.30. The zero-order valence-corrected chi connectivity index (χ0v) is 12.3. The zero-order chi connectivity index (χ0) is 16.0. The van der Waals surface area contributed by atoms with Gasteiger partial charge in [0.25, 0.3) is 5.69 Å². The summed E-state index contributed by atoms with van der Waals surface area (Å²) in [6, 6.07) is 4.05. The highest BCUT2D eigenvalue weighted by Gasteiger charge is 2.27. The highest BCUT2D eigenvalue weighted by molar-refractivity contribution is 8.00. The van der Waals surface area contributed by atoms with Crippen molar-refractivity contribution in [1.29, 1.82) is 0 Å². The van der Waals surface area contributed by atoms with Crippen LogP contribution in [-0.2, 0) is 0 Å². The first-order valence-corrected chi connectivity index (χ1v) is 7.06. The predicted molar refractivity (Wildman–Crippen MR) is 75.9 cm³/mol. The lowest BCUT2D eigenvalue weighted by Gasteiger charge is -2.12. The largest absolute Gasteiger partial charge is 0.491 e. The third kappa shape index (κ3) is 7.07. The molecule has 9 heteroatoms. The number of nitro benzene ring substituents is 1. The maximum absolute atomic E-state index is 12.0. The number of thioether (sulfide) groups is 1. The predicted octanol–water partition coefficient (Wildman–Crippen LogP) is 4.05. The first-order chi connectivity index (χ1) is 9.67. The van der Waals surface area contributed by atoms with Gasteiger partial charge < -0.3 is 10.1 Å². The smallest absolute Gasteiger partial charge is 0.441 e. The van der Waals surface area contributed by atoms with Crippen molar-refractivity contribution in [3.63, 3.8) is 0 Å². The molecule has 0 saturated heterocycles. The van der Waals surface area contributed by atoms with E-state index in [0.717, 1.165) is 0 Å². The van der Waals surface area contributed by atoms with E-state index >= 15 is 0 Å². The molecule has 1 rings (SSSR count). The second-order valence-corrected chi connectivity index (χ2v) is 5.52. The number of nitrogens with zero attached hydrogens (tertiary/aromatic N) is 1. The van der Waals surface area contributed by atoms with Crippen molar-refractivity contribution in [2.75, 3.05) is 17.6 Å². The molecule has 0 unspecified atom stereocenters. The summed E-state index contributed by atoms with van der Waals surface area (Å²) in [5.74, 6) is 0.109. The molecule has 0 amide bonds. The van der Waals surface area contributed by atoms with Crippen LogP contribution in [0.25, 0.3) is 0 Å². The molecule has 21 heavy (non-hydrogen) atoms. The van der Waals surface area contributed by atoms with Gasteiger partial charge in [-0.2, -0.15) is 13.2 Å². The van der Waals surface area contributed by atoms with E-state index in [1.165, 1.54) is 18.2 Å². The van der Waals surface area contributed by atoms with Crippen LogP contribution in [0, 0.1) is 10.1 Å². The number of non-ortho nitro benzene ring substituents is 1. The summed E-state index contributed by atoms with van der Waals surface area (Å²) < 4.78 is 41.3. The van der Waals surface area contributed by atoms with Gasteiger partial charge in [-0.25, -0.2) is 0 Å². The van der Waals surface area contributed by atoms with Crippen molar-refractivity contribution >= 4 is 23.1 Å². The molecule has 1 aromatic carbocycles. The molecule has 1 aromatic rings. The molecule has 1 N–H and O–H groups in total. The minimum absolute atomic E-state index is 0.0342. The Kier molecular flexibility index (Phi) is 6.13. The third-order valence-corrected chi connectivity index (χ3v) is 2.91. The first-order valence-electron chi connectivity index (χ1n) is 6.08. The number of rotatable bonds is 7. The van der Waals surface area contributed by atoms with E-state index in [4.69, 9.17) is 4.74 Å². The normalized spacial score (nSPS) is 11.5. The quantitative estimate of drug-likeness (QED) is 0.466. The summed E-state index contributed by atoms with van der Waals surface area (Å²) >= 11 is -0.149. The van der Waals surface area contributed by atoms with Crippen LogP contribution in [0.1, 0.15) is 13.8 Å². The molecule has 0 aromatic heterocycles. The second-order valence-electron chi connectivity index (χ2n) is 4.36. The number of benzene rings is 1. The van der Waals surface area contributed by atoms with Crippen LogP contribution >= 0.6 is 11.8 Å². The lowest BCUT2D eigenvalue weighted by atomic mass is 10.2. The third-order valence-electron chi connectivity index (χ3n) is 2.17. The van der Waals surface area contributed by atoms with Gasteiger partial charge in [-0.1, -0.05) is 0 Å². The highest BCUT2D eigenvalue weighted by atomic mass is 32.2. The van der Waals surface area contributed by atoms with Gasteiger partial charge >= 0.3 is 5.51 Å². The van der Waals surface area contributed by atoms with Gasteiger partial charge in [-0.05, 0) is 25.6 Å². The Morgan fingerprint density at radius 3 is 2.57 bits per heavy atom. The summed E-state index contributed by atoms with van der Waals surface area (Å²) in [4.78, 5) is 10.2. The van der Waals surface area contributed by atoms with Crippen molar-refractivity contribution in [2.45, 2.75) is 25.5 Å². The van der Waals surface area contributed by atoms with E-state index in [0.29, 0.717) is 11.4 Å². The minimum atomic E-state index is -4.28. The summed E-state index contributed by atoms with van der Waals surface area (Å²) in [5.41, 5.74) is -4.11. The second kappa shape index (κ2) is 7.39. The van der Waals surface area contributed by atoms with Crippen molar-refractivity contribution in [3.05, 3.63) is 28.3 Å². The number of nitrogens with one attached hydrogen (secondary N) is 1. The van der Waals surface area contributed by atoms with E-state index in [1.54, 1.807) is 13.8 Å². The standard InChI is InChI=1S/C12H15F3N2O3S/c1-8(2)20-11-6-9(5-10(7-11)17(18)19)16-3-4-21-12(13,14)15/h5-8,16H,3-4H2,1-2H3. The van der Waals surface area contributed by atoms with Gasteiger partial charge in [0.05, 0.1) is 17.1 Å². The SMILES string of the molecule is CC(C)Oc1cc(NCCSC(F)(F)F)cc([N+](=O)[O-])c1. The van der Waals surface area contributed by atoms with Crippen LogP contribution in [0.5, 0.6) is 5.75 Å². The van der Waals surface area contributed by atoms with Crippen LogP contribution < -0.4 is 10.1 Å². The number of ether oxygens (including phenoxy) is 1. The van der Waals surface area contributed by atoms with Crippen molar-refractivity contribution in [3.8, 4) is 5.75 Å². The van der Waals surface area contributed by atoms with Gasteiger partial charge in [-0.15, -0.1) is 0 Å². The van der Waals surface area contributed by atoms with Crippen molar-refractivity contribution in [2.24, 2.45) is 0 Å². The fraction of sp³-hybridized carbons (Fsp3) is 0.500. The van der Waals surface area contributed by atoms with E-state index in [-0.39, 0.29) is 35.9 Å². The number of halogens is 3. The van der Waals surface area contributed by atoms with E-state index in [9.17, 15) is 23.3 Å². The van der Waals surface area contributed by atoms with Crippen LogP contribution in [0.3, 0.4) is 0 Å². The topological polar surface area (TPSA) is 64.4 Å². The van der Waals surface area contributed by atoms with E-state index in [1.807, 2.05) is 0 Å². The van der Waals surface area contributed by atoms with Crippen LogP contribution in [-0.4, -0.2) is 28.8 Å². The number of hydrogen-bond donors (Lipinski definition) is 1.